The predicted octanol–water partition coefficient (Wildman–Crippen LogP) is 6.41. The van der Waals surface area contributed by atoms with E-state index in [1.165, 1.54) is 15.9 Å². The third-order valence-corrected chi connectivity index (χ3v) is 12.2. The van der Waals surface area contributed by atoms with E-state index in [1.54, 1.807) is 6.07 Å². The molecule has 4 nitrogen and oxygen atoms in total. The second-order valence-corrected chi connectivity index (χ2v) is 15.3. The van der Waals surface area contributed by atoms with Gasteiger partial charge in [0.1, 0.15) is 18.1 Å². The molecule has 2 heterocycles. The molecule has 0 aliphatic carbocycles. The van der Waals surface area contributed by atoms with Gasteiger partial charge in [-0.3, -0.25) is 0 Å². The van der Waals surface area contributed by atoms with E-state index in [0.29, 0.717) is 19.0 Å². The minimum atomic E-state index is -2.63. The Balaban J connectivity index is 1.49. The van der Waals surface area contributed by atoms with E-state index in [2.05, 4.69) is 101 Å². The molecule has 3 aromatic rings. The molecule has 0 amide bonds. The summed E-state index contributed by atoms with van der Waals surface area (Å²) >= 11 is 0. The lowest BCUT2D eigenvalue weighted by Gasteiger charge is -2.43. The summed E-state index contributed by atoms with van der Waals surface area (Å²) in [6.45, 7) is 14.4. The summed E-state index contributed by atoms with van der Waals surface area (Å²) in [4.78, 5) is 0. The molecule has 0 bridgehead atoms. The van der Waals surface area contributed by atoms with Crippen molar-refractivity contribution in [2.75, 3.05) is 13.2 Å². The van der Waals surface area contributed by atoms with Crippen LogP contribution in [0.1, 0.15) is 52.1 Å². The number of ether oxygens (including phenoxy) is 1. The van der Waals surface area contributed by atoms with Crippen molar-refractivity contribution in [3.8, 4) is 0 Å². The van der Waals surface area contributed by atoms with Gasteiger partial charge in [-0.1, -0.05) is 99.7 Å². The molecule has 1 aliphatic heterocycles. The van der Waals surface area contributed by atoms with E-state index >= 15 is 0 Å². The van der Waals surface area contributed by atoms with E-state index in [4.69, 9.17) is 13.6 Å². The smallest absolute Gasteiger partial charge is 0.261 e. The van der Waals surface area contributed by atoms with E-state index in [-0.39, 0.29) is 17.7 Å². The zero-order valence-corrected chi connectivity index (χ0v) is 24.1. The van der Waals surface area contributed by atoms with Crippen molar-refractivity contribution in [3.63, 3.8) is 0 Å². The molecule has 0 saturated heterocycles. The number of hydrogen-bond donors (Lipinski definition) is 1. The van der Waals surface area contributed by atoms with Crippen molar-refractivity contribution in [1.29, 1.82) is 0 Å². The lowest BCUT2D eigenvalue weighted by atomic mass is 9.98. The average molecular weight is 529 g/mol. The molecule has 5 heteroatoms. The lowest BCUT2D eigenvalue weighted by molar-refractivity contribution is 0.116. The first-order chi connectivity index (χ1) is 18.2. The summed E-state index contributed by atoms with van der Waals surface area (Å²) < 4.78 is 18.8. The molecular formula is C33H40O4Si. The zero-order chi connectivity index (χ0) is 27.2. The Kier molecular flexibility index (Phi) is 9.05. The Hall–Kier alpha value is -2.96. The van der Waals surface area contributed by atoms with Gasteiger partial charge in [0, 0.05) is 0 Å². The van der Waals surface area contributed by atoms with E-state index < -0.39 is 8.32 Å². The van der Waals surface area contributed by atoms with E-state index in [9.17, 15) is 5.11 Å². The fourth-order valence-electron chi connectivity index (χ4n) is 5.36. The molecule has 1 atom stereocenters. The second-order valence-electron chi connectivity index (χ2n) is 11.0. The van der Waals surface area contributed by atoms with Crippen LogP contribution < -0.4 is 10.4 Å². The van der Waals surface area contributed by atoms with E-state index in [1.807, 2.05) is 12.1 Å². The first-order valence-corrected chi connectivity index (χ1v) is 15.3. The normalized spacial score (nSPS) is 16.5. The molecule has 0 fully saturated rings. The molecule has 200 valence electrons. The Morgan fingerprint density at radius 3 is 2.21 bits per heavy atom. The summed E-state index contributed by atoms with van der Waals surface area (Å²) in [5, 5.41) is 11.7. The van der Waals surface area contributed by atoms with Crippen LogP contribution in [0.3, 0.4) is 0 Å². The number of benzene rings is 2. The maximum Gasteiger partial charge on any atom is 0.261 e. The number of aliphatic hydroxyl groups excluding tert-OH is 1. The number of aliphatic hydroxyl groups is 1. The monoisotopic (exact) mass is 528 g/mol. The highest BCUT2D eigenvalue weighted by Gasteiger charge is 2.50. The summed E-state index contributed by atoms with van der Waals surface area (Å²) in [7, 11) is -2.63. The largest absolute Gasteiger partial charge is 0.459 e. The minimum Gasteiger partial charge on any atom is -0.459 e. The van der Waals surface area contributed by atoms with Gasteiger partial charge in [-0.2, -0.15) is 0 Å². The molecule has 38 heavy (non-hydrogen) atoms. The van der Waals surface area contributed by atoms with Crippen molar-refractivity contribution in [2.24, 2.45) is 0 Å². The SMILES string of the molecule is C=C(CO[Si](c1ccccc1)(c1ccccc1)C(C)(C)C)C1=CCOC1CC/C(C)=C/c1ccc(CO)o1. The van der Waals surface area contributed by atoms with Crippen LogP contribution in [0.15, 0.2) is 107 Å². The van der Waals surface area contributed by atoms with E-state index in [0.717, 1.165) is 29.7 Å². The molecule has 2 aromatic carbocycles. The van der Waals surface area contributed by atoms with Crippen LogP contribution in [0.5, 0.6) is 0 Å². The van der Waals surface area contributed by atoms with Gasteiger partial charge in [-0.15, -0.1) is 0 Å². The summed E-state index contributed by atoms with van der Waals surface area (Å²) in [6.07, 6.45) is 5.91. The highest BCUT2D eigenvalue weighted by molar-refractivity contribution is 6.99. The van der Waals surface area contributed by atoms with Gasteiger partial charge in [0.2, 0.25) is 0 Å². The van der Waals surface area contributed by atoms with Crippen LogP contribution in [0, 0.1) is 0 Å². The molecule has 1 unspecified atom stereocenters. The molecule has 1 aromatic heterocycles. The summed E-state index contributed by atoms with van der Waals surface area (Å²) in [5.41, 5.74) is 3.34. The van der Waals surface area contributed by atoms with Crippen LogP contribution >= 0.6 is 0 Å². The fourth-order valence-corrected chi connectivity index (χ4v) is 9.90. The van der Waals surface area contributed by atoms with Crippen LogP contribution in [0.4, 0.5) is 0 Å². The van der Waals surface area contributed by atoms with Gasteiger partial charge in [-0.25, -0.2) is 0 Å². The van der Waals surface area contributed by atoms with Crippen LogP contribution in [0.2, 0.25) is 5.04 Å². The summed E-state index contributed by atoms with van der Waals surface area (Å²) in [5.74, 6) is 1.34. The van der Waals surface area contributed by atoms with Crippen molar-refractivity contribution >= 4 is 24.8 Å². The molecule has 0 radical (unpaired) electrons. The Bertz CT molecular complexity index is 1230. The third-order valence-electron chi connectivity index (χ3n) is 7.26. The van der Waals surface area contributed by atoms with Crippen molar-refractivity contribution in [1.82, 2.24) is 0 Å². The molecule has 0 saturated carbocycles. The molecular weight excluding hydrogens is 488 g/mol. The molecule has 1 aliphatic rings. The van der Waals surface area contributed by atoms with Gasteiger partial charge < -0.3 is 18.7 Å². The molecule has 1 N–H and O–H groups in total. The van der Waals surface area contributed by atoms with Gasteiger partial charge in [0.25, 0.3) is 8.32 Å². The number of rotatable bonds is 11. The lowest BCUT2D eigenvalue weighted by Crippen LogP contribution is -2.66. The van der Waals surface area contributed by atoms with Crippen LogP contribution in [-0.2, 0) is 15.8 Å². The average Bonchev–Trinajstić information content (AvgIpc) is 3.57. The van der Waals surface area contributed by atoms with Crippen LogP contribution in [0.25, 0.3) is 6.08 Å². The molecule has 0 spiro atoms. The zero-order valence-electron chi connectivity index (χ0n) is 23.1. The van der Waals surface area contributed by atoms with Crippen molar-refractivity contribution in [2.45, 2.75) is 58.3 Å². The minimum absolute atomic E-state index is 0.00166. The quantitative estimate of drug-likeness (QED) is 0.292. The highest BCUT2D eigenvalue weighted by atomic mass is 28.4. The Morgan fingerprint density at radius 1 is 1.03 bits per heavy atom. The number of allylic oxidation sites excluding steroid dienone is 1. The maximum atomic E-state index is 9.23. The van der Waals surface area contributed by atoms with Gasteiger partial charge in [0.05, 0.1) is 19.3 Å². The Morgan fingerprint density at radius 2 is 1.66 bits per heavy atom. The number of furan rings is 1. The van der Waals surface area contributed by atoms with Gasteiger partial charge in [-0.05, 0) is 64.5 Å². The molecule has 4 rings (SSSR count). The summed E-state index contributed by atoms with van der Waals surface area (Å²) in [6, 6.07) is 25.1. The topological polar surface area (TPSA) is 51.8 Å². The first-order valence-electron chi connectivity index (χ1n) is 13.4. The first kappa shape index (κ1) is 28.1. The van der Waals surface area contributed by atoms with Crippen LogP contribution in [-0.4, -0.2) is 32.7 Å². The maximum absolute atomic E-state index is 9.23. The van der Waals surface area contributed by atoms with Crippen molar-refractivity contribution in [3.05, 3.63) is 114 Å². The Labute approximate surface area is 228 Å². The highest BCUT2D eigenvalue weighted by Crippen LogP contribution is 2.37. The predicted molar refractivity (Wildman–Crippen MR) is 158 cm³/mol. The third kappa shape index (κ3) is 6.19. The second kappa shape index (κ2) is 12.3. The standard InChI is InChI=1S/C33H40O4Si/c1-25(22-27-17-18-28(23-34)37-27)16-19-32-31(20-21-35-32)26(2)24-36-38(33(3,4)5,29-12-8-6-9-13-29)30-14-10-7-11-15-30/h6-15,17-18,20,22,32,34H,2,16,19,21,23-24H2,1,3-5H3/b25-22+. The van der Waals surface area contributed by atoms with Crippen molar-refractivity contribution < 1.29 is 18.7 Å². The van der Waals surface area contributed by atoms with Gasteiger partial charge in [0.15, 0.2) is 0 Å². The number of hydrogen-bond acceptors (Lipinski definition) is 4. The van der Waals surface area contributed by atoms with Gasteiger partial charge >= 0.3 is 0 Å². The fraction of sp³-hybridized carbons (Fsp3) is 0.333.